The maximum absolute atomic E-state index is 12.6. The molecule has 0 aromatic heterocycles. The molecule has 0 bridgehead atoms. The van der Waals surface area contributed by atoms with E-state index in [-0.39, 0.29) is 12.6 Å². The molecule has 1 aliphatic rings. The summed E-state index contributed by atoms with van der Waals surface area (Å²) in [4.78, 5) is 1.86. The molecule has 0 aliphatic carbocycles. The Morgan fingerprint density at radius 1 is 1.35 bits per heavy atom. The summed E-state index contributed by atoms with van der Waals surface area (Å²) in [5.74, 6) is -1.85. The highest BCUT2D eigenvalue weighted by Crippen LogP contribution is 2.29. The maximum Gasteiger partial charge on any atom is 0.405 e. The van der Waals surface area contributed by atoms with E-state index < -0.39 is 12.1 Å². The lowest BCUT2D eigenvalue weighted by molar-refractivity contribution is -0.164. The summed E-state index contributed by atoms with van der Waals surface area (Å²) in [5, 5.41) is 8.62. The van der Waals surface area contributed by atoms with Gasteiger partial charge in [0.1, 0.15) is 0 Å². The van der Waals surface area contributed by atoms with Crippen LogP contribution in [0.25, 0.3) is 0 Å². The standard InChI is InChI=1S/C12H19F3N2/c1-2-11-6-4-3-5-7-17(11)9-10(8-16)12(13,14)15/h10-11H,2-7,9H2,1H3. The molecule has 0 aromatic rings. The maximum atomic E-state index is 12.6. The van der Waals surface area contributed by atoms with E-state index in [2.05, 4.69) is 0 Å². The Bertz CT molecular complexity index is 270. The van der Waals surface area contributed by atoms with Crippen molar-refractivity contribution in [1.82, 2.24) is 4.90 Å². The molecule has 17 heavy (non-hydrogen) atoms. The molecule has 2 atom stereocenters. The van der Waals surface area contributed by atoms with Crippen molar-refractivity contribution in [2.75, 3.05) is 13.1 Å². The van der Waals surface area contributed by atoms with Crippen molar-refractivity contribution in [3.63, 3.8) is 0 Å². The van der Waals surface area contributed by atoms with Gasteiger partial charge in [0.15, 0.2) is 5.92 Å². The molecule has 2 nitrogen and oxygen atoms in total. The summed E-state index contributed by atoms with van der Waals surface area (Å²) in [7, 11) is 0. The SMILES string of the molecule is CCC1CCCCCN1CC(C#N)C(F)(F)F. The van der Waals surface area contributed by atoms with Crippen LogP contribution in [0.2, 0.25) is 0 Å². The Hall–Kier alpha value is -0.760. The summed E-state index contributed by atoms with van der Waals surface area (Å²) < 4.78 is 37.7. The van der Waals surface area contributed by atoms with Crippen LogP contribution in [0.15, 0.2) is 0 Å². The quantitative estimate of drug-likeness (QED) is 0.766. The van der Waals surface area contributed by atoms with Gasteiger partial charge in [-0.3, -0.25) is 4.90 Å². The zero-order valence-electron chi connectivity index (χ0n) is 10.1. The Labute approximate surface area is 100 Å². The van der Waals surface area contributed by atoms with Gasteiger partial charge in [0.25, 0.3) is 0 Å². The molecule has 1 fully saturated rings. The predicted molar refractivity (Wildman–Crippen MR) is 59.3 cm³/mol. The number of nitrogens with zero attached hydrogens (tertiary/aromatic N) is 2. The Kier molecular flexibility index (Phi) is 5.26. The van der Waals surface area contributed by atoms with E-state index in [1.54, 1.807) is 0 Å². The number of alkyl halides is 3. The van der Waals surface area contributed by atoms with Gasteiger partial charge in [-0.25, -0.2) is 0 Å². The number of nitriles is 1. The number of hydrogen-bond acceptors (Lipinski definition) is 2. The zero-order valence-corrected chi connectivity index (χ0v) is 10.1. The van der Waals surface area contributed by atoms with E-state index in [4.69, 9.17) is 5.26 Å². The minimum Gasteiger partial charge on any atom is -0.299 e. The van der Waals surface area contributed by atoms with Crippen LogP contribution < -0.4 is 0 Å². The zero-order chi connectivity index (χ0) is 12.9. The molecule has 0 radical (unpaired) electrons. The van der Waals surface area contributed by atoms with Crippen LogP contribution >= 0.6 is 0 Å². The van der Waals surface area contributed by atoms with Gasteiger partial charge in [-0.05, 0) is 25.8 Å². The van der Waals surface area contributed by atoms with E-state index in [9.17, 15) is 13.2 Å². The third-order valence-corrected chi connectivity index (χ3v) is 3.44. The van der Waals surface area contributed by atoms with Gasteiger partial charge in [-0.1, -0.05) is 19.8 Å². The average molecular weight is 248 g/mol. The summed E-state index contributed by atoms with van der Waals surface area (Å²) in [6.45, 7) is 2.52. The van der Waals surface area contributed by atoms with E-state index in [1.165, 1.54) is 6.07 Å². The molecule has 1 rings (SSSR count). The molecular weight excluding hydrogens is 229 g/mol. The molecule has 98 valence electrons. The summed E-state index contributed by atoms with van der Waals surface area (Å²) in [5.41, 5.74) is 0. The average Bonchev–Trinajstić information content (AvgIpc) is 2.48. The van der Waals surface area contributed by atoms with Crippen molar-refractivity contribution in [1.29, 1.82) is 5.26 Å². The first-order valence-corrected chi connectivity index (χ1v) is 6.19. The fourth-order valence-electron chi connectivity index (χ4n) is 2.39. The molecule has 0 N–H and O–H groups in total. The minimum absolute atomic E-state index is 0.168. The molecule has 5 heteroatoms. The van der Waals surface area contributed by atoms with E-state index in [0.29, 0.717) is 6.54 Å². The van der Waals surface area contributed by atoms with Crippen molar-refractivity contribution in [2.24, 2.45) is 5.92 Å². The largest absolute Gasteiger partial charge is 0.405 e. The van der Waals surface area contributed by atoms with Gasteiger partial charge in [-0.15, -0.1) is 0 Å². The second-order valence-electron chi connectivity index (χ2n) is 4.63. The molecular formula is C12H19F3N2. The first kappa shape index (κ1) is 14.3. The number of likely N-dealkylation sites (tertiary alicyclic amines) is 1. The van der Waals surface area contributed by atoms with Gasteiger partial charge in [0.2, 0.25) is 0 Å². The summed E-state index contributed by atoms with van der Waals surface area (Å²) >= 11 is 0. The fourth-order valence-corrected chi connectivity index (χ4v) is 2.39. The van der Waals surface area contributed by atoms with E-state index in [1.807, 2.05) is 11.8 Å². The molecule has 2 unspecified atom stereocenters. The lowest BCUT2D eigenvalue weighted by Gasteiger charge is -2.31. The normalized spacial score (nSPS) is 25.0. The van der Waals surface area contributed by atoms with Crippen LogP contribution in [-0.4, -0.2) is 30.2 Å². The van der Waals surface area contributed by atoms with Crippen molar-refractivity contribution >= 4 is 0 Å². The lowest BCUT2D eigenvalue weighted by atomic mass is 10.1. The summed E-state index contributed by atoms with van der Waals surface area (Å²) in [6.07, 6.45) is 0.503. The van der Waals surface area contributed by atoms with Crippen LogP contribution in [0.4, 0.5) is 13.2 Å². The number of halogens is 3. The third-order valence-electron chi connectivity index (χ3n) is 3.44. The van der Waals surface area contributed by atoms with Crippen molar-refractivity contribution in [2.45, 2.75) is 51.2 Å². The molecule has 1 heterocycles. The topological polar surface area (TPSA) is 27.0 Å². The highest BCUT2D eigenvalue weighted by Gasteiger charge is 2.41. The lowest BCUT2D eigenvalue weighted by Crippen LogP contribution is -2.41. The van der Waals surface area contributed by atoms with Crippen LogP contribution in [0.3, 0.4) is 0 Å². The second kappa shape index (κ2) is 6.25. The smallest absolute Gasteiger partial charge is 0.299 e. The Morgan fingerprint density at radius 3 is 2.59 bits per heavy atom. The predicted octanol–water partition coefficient (Wildman–Crippen LogP) is 3.34. The fraction of sp³-hybridized carbons (Fsp3) is 0.917. The van der Waals surface area contributed by atoms with Crippen molar-refractivity contribution < 1.29 is 13.2 Å². The van der Waals surface area contributed by atoms with Gasteiger partial charge >= 0.3 is 6.18 Å². The molecule has 0 spiro atoms. The van der Waals surface area contributed by atoms with Crippen LogP contribution in [0, 0.1) is 17.2 Å². The van der Waals surface area contributed by atoms with E-state index in [0.717, 1.165) is 32.1 Å². The highest BCUT2D eigenvalue weighted by molar-refractivity contribution is 4.92. The number of hydrogen-bond donors (Lipinski definition) is 0. The molecule has 0 saturated carbocycles. The highest BCUT2D eigenvalue weighted by atomic mass is 19.4. The monoisotopic (exact) mass is 248 g/mol. The van der Waals surface area contributed by atoms with Gasteiger partial charge < -0.3 is 0 Å². The van der Waals surface area contributed by atoms with Crippen LogP contribution in [-0.2, 0) is 0 Å². The van der Waals surface area contributed by atoms with E-state index >= 15 is 0 Å². The first-order chi connectivity index (χ1) is 7.99. The summed E-state index contributed by atoms with van der Waals surface area (Å²) in [6, 6.07) is 1.59. The Balaban J connectivity index is 2.66. The van der Waals surface area contributed by atoms with Gasteiger partial charge in [-0.2, -0.15) is 18.4 Å². The minimum atomic E-state index is -4.40. The second-order valence-corrected chi connectivity index (χ2v) is 4.63. The van der Waals surface area contributed by atoms with Gasteiger partial charge in [0.05, 0.1) is 6.07 Å². The number of rotatable bonds is 3. The third kappa shape index (κ3) is 4.19. The molecule has 0 amide bonds. The van der Waals surface area contributed by atoms with Crippen LogP contribution in [0.5, 0.6) is 0 Å². The molecule has 0 aromatic carbocycles. The molecule has 1 saturated heterocycles. The first-order valence-electron chi connectivity index (χ1n) is 6.19. The molecule has 1 aliphatic heterocycles. The van der Waals surface area contributed by atoms with Crippen molar-refractivity contribution in [3.05, 3.63) is 0 Å². The Morgan fingerprint density at radius 2 is 2.06 bits per heavy atom. The van der Waals surface area contributed by atoms with Gasteiger partial charge in [0, 0.05) is 12.6 Å². The van der Waals surface area contributed by atoms with Crippen molar-refractivity contribution in [3.8, 4) is 6.07 Å². The van der Waals surface area contributed by atoms with Crippen LogP contribution in [0.1, 0.15) is 39.0 Å².